The number of halogens is 4. The summed E-state index contributed by atoms with van der Waals surface area (Å²) in [5, 5.41) is 10.6. The lowest BCUT2D eigenvalue weighted by Gasteiger charge is -2.14. The van der Waals surface area contributed by atoms with Crippen LogP contribution in [0.2, 0.25) is 0 Å². The molecule has 3 amide bonds. The van der Waals surface area contributed by atoms with Crippen LogP contribution in [-0.2, 0) is 0 Å². The zero-order valence-electron chi connectivity index (χ0n) is 19.9. The molecule has 10 nitrogen and oxygen atoms in total. The Kier molecular flexibility index (Phi) is 8.10. The molecule has 0 spiro atoms. The van der Waals surface area contributed by atoms with Crippen LogP contribution in [0, 0.1) is 0 Å². The number of amidine groups is 1. The number of carbonyl (C=O) groups excluding carboxylic acids is 2. The number of amides is 3. The number of urea groups is 1. The van der Waals surface area contributed by atoms with Gasteiger partial charge >= 0.3 is 12.2 Å². The van der Waals surface area contributed by atoms with Gasteiger partial charge in [-0.15, -0.1) is 0 Å². The van der Waals surface area contributed by atoms with E-state index in [-0.39, 0.29) is 33.7 Å². The second kappa shape index (κ2) is 11.1. The first-order valence-electron chi connectivity index (χ1n) is 10.9. The van der Waals surface area contributed by atoms with Gasteiger partial charge in [0.2, 0.25) is 0 Å². The van der Waals surface area contributed by atoms with Crippen molar-refractivity contribution in [1.82, 2.24) is 30.5 Å². The molecule has 1 aliphatic heterocycles. The summed E-state index contributed by atoms with van der Waals surface area (Å²) >= 11 is 0. The van der Waals surface area contributed by atoms with Crippen molar-refractivity contribution < 1.29 is 27.2 Å². The Balaban J connectivity index is 1.88. The number of carbonyl (C=O) groups is 2. The Morgan fingerprint density at radius 1 is 1.32 bits per heavy atom. The molecule has 0 saturated carbocycles. The number of hydrogen-bond acceptors (Lipinski definition) is 6. The minimum absolute atomic E-state index is 0.0418. The Labute approximate surface area is 208 Å². The zero-order chi connectivity index (χ0) is 27.3. The zero-order valence-corrected chi connectivity index (χ0v) is 19.9. The minimum atomic E-state index is -4.65. The smallest absolute Gasteiger partial charge is 0.382 e. The number of nitrogen functional groups attached to an aromatic ring is 1. The average Bonchev–Trinajstić information content (AvgIpc) is 3.21. The van der Waals surface area contributed by atoms with Crippen LogP contribution in [0.3, 0.4) is 0 Å². The number of nitrogens with one attached hydrogen (secondary N) is 3. The molecular weight excluding hydrogens is 496 g/mol. The second-order valence-corrected chi connectivity index (χ2v) is 7.90. The van der Waals surface area contributed by atoms with Gasteiger partial charge in [-0.05, 0) is 31.9 Å². The first-order valence-corrected chi connectivity index (χ1v) is 10.9. The third-order valence-corrected chi connectivity index (χ3v) is 5.10. The standard InChI is InChI=1S/C23H24F4N8O2/c1-4-16(33-22(37)34-17-7-5-6-13(3)32-17)15(24)8-12(2)18-14(21(36)29-10-23(25,26)27)9-35-19(18)20(28)30-11-31-35/h4,6,8-9,11H,2,5,7,10H2,1,3H3,(H,29,36)(H2,28,30,31)(H2,32,33,34,37)/b15-8+,16-4+. The van der Waals surface area contributed by atoms with Crippen LogP contribution in [0.15, 0.2) is 59.5 Å². The number of rotatable bonds is 6. The number of fused-ring (bicyclic) bond motifs is 1. The van der Waals surface area contributed by atoms with E-state index in [0.29, 0.717) is 18.7 Å². The summed E-state index contributed by atoms with van der Waals surface area (Å²) in [6, 6.07) is -0.727. The van der Waals surface area contributed by atoms with Crippen molar-refractivity contribution in [3.63, 3.8) is 0 Å². The van der Waals surface area contributed by atoms with E-state index in [2.05, 4.69) is 32.3 Å². The van der Waals surface area contributed by atoms with Crippen molar-refractivity contribution in [2.24, 2.45) is 4.99 Å². The Hall–Kier alpha value is -4.49. The minimum Gasteiger partial charge on any atom is -0.382 e. The number of alkyl halides is 3. The lowest BCUT2D eigenvalue weighted by atomic mass is 10.0. The fourth-order valence-electron chi connectivity index (χ4n) is 3.49. The van der Waals surface area contributed by atoms with Gasteiger partial charge in [0.05, 0.1) is 11.3 Å². The quantitative estimate of drug-likeness (QED) is 0.339. The Morgan fingerprint density at radius 3 is 2.70 bits per heavy atom. The third-order valence-electron chi connectivity index (χ3n) is 5.10. The highest BCUT2D eigenvalue weighted by atomic mass is 19.4. The van der Waals surface area contributed by atoms with Gasteiger partial charge in [0, 0.05) is 23.9 Å². The molecule has 0 unspecified atom stereocenters. The molecule has 0 aliphatic carbocycles. The molecule has 2 aromatic rings. The maximum absolute atomic E-state index is 15.2. The van der Waals surface area contributed by atoms with E-state index in [0.717, 1.165) is 28.8 Å². The first-order chi connectivity index (χ1) is 17.4. The summed E-state index contributed by atoms with van der Waals surface area (Å²) in [7, 11) is 0. The molecular formula is C23H24F4N8O2. The summed E-state index contributed by atoms with van der Waals surface area (Å²) in [6.07, 6.45) is 2.88. The van der Waals surface area contributed by atoms with E-state index < -0.39 is 30.5 Å². The van der Waals surface area contributed by atoms with Crippen molar-refractivity contribution in [3.8, 4) is 0 Å². The molecule has 196 valence electrons. The Morgan fingerprint density at radius 2 is 2.05 bits per heavy atom. The normalized spacial score (nSPS) is 14.6. The van der Waals surface area contributed by atoms with E-state index in [1.807, 2.05) is 6.08 Å². The predicted octanol–water partition coefficient (Wildman–Crippen LogP) is 3.77. The highest BCUT2D eigenvalue weighted by Gasteiger charge is 2.29. The molecule has 14 heteroatoms. The van der Waals surface area contributed by atoms with Crippen LogP contribution in [0.4, 0.5) is 28.2 Å². The molecule has 5 N–H and O–H groups in total. The van der Waals surface area contributed by atoms with Crippen molar-refractivity contribution in [1.29, 1.82) is 0 Å². The van der Waals surface area contributed by atoms with Gasteiger partial charge in [-0.25, -0.2) is 23.7 Å². The van der Waals surface area contributed by atoms with Gasteiger partial charge in [0.15, 0.2) is 5.82 Å². The summed E-state index contributed by atoms with van der Waals surface area (Å²) in [5.41, 5.74) is 5.98. The van der Waals surface area contributed by atoms with Gasteiger partial charge in [-0.1, -0.05) is 18.7 Å². The highest BCUT2D eigenvalue weighted by molar-refractivity contribution is 6.05. The maximum Gasteiger partial charge on any atom is 0.405 e. The highest BCUT2D eigenvalue weighted by Crippen LogP contribution is 2.30. The average molecular weight is 520 g/mol. The summed E-state index contributed by atoms with van der Waals surface area (Å²) in [4.78, 5) is 33.0. The topological polar surface area (TPSA) is 139 Å². The van der Waals surface area contributed by atoms with Crippen molar-refractivity contribution in [2.45, 2.75) is 32.9 Å². The molecule has 0 atom stereocenters. The number of aromatic nitrogens is 3. The first kappa shape index (κ1) is 27.1. The molecule has 0 bridgehead atoms. The molecule has 0 saturated heterocycles. The third kappa shape index (κ3) is 6.80. The molecule has 0 fully saturated rings. The number of nitrogens with two attached hydrogens (primary N) is 1. The lowest BCUT2D eigenvalue weighted by Crippen LogP contribution is -2.39. The molecule has 0 aromatic carbocycles. The van der Waals surface area contributed by atoms with E-state index in [1.165, 1.54) is 13.0 Å². The summed E-state index contributed by atoms with van der Waals surface area (Å²) in [5.74, 6) is -1.74. The molecule has 37 heavy (non-hydrogen) atoms. The van der Waals surface area contributed by atoms with E-state index in [4.69, 9.17) is 5.73 Å². The summed E-state index contributed by atoms with van der Waals surface area (Å²) in [6.45, 7) is 5.43. The lowest BCUT2D eigenvalue weighted by molar-refractivity contribution is -0.123. The van der Waals surface area contributed by atoms with Crippen molar-refractivity contribution >= 4 is 34.7 Å². The van der Waals surface area contributed by atoms with Gasteiger partial charge in [0.1, 0.15) is 30.1 Å². The molecule has 3 rings (SSSR count). The number of nitrogens with zero attached hydrogens (tertiary/aromatic N) is 4. The van der Waals surface area contributed by atoms with Crippen LogP contribution in [0.25, 0.3) is 11.1 Å². The number of aliphatic imine (C=N–C) groups is 1. The van der Waals surface area contributed by atoms with Crippen molar-refractivity contribution in [3.05, 3.63) is 65.7 Å². The van der Waals surface area contributed by atoms with Crippen LogP contribution >= 0.6 is 0 Å². The maximum atomic E-state index is 15.2. The fraction of sp³-hybridized carbons (Fsp3) is 0.261. The largest absolute Gasteiger partial charge is 0.405 e. The van der Waals surface area contributed by atoms with Crippen molar-refractivity contribution in [2.75, 3.05) is 12.3 Å². The SMILES string of the molecule is C=C(/C=C(F)\C(=C/C)NC(=O)NC1=NC(C)=CCC1)c1c(C(=O)NCC(F)(F)F)cn2ncnc(N)c12. The van der Waals surface area contributed by atoms with Crippen LogP contribution < -0.4 is 21.7 Å². The summed E-state index contributed by atoms with van der Waals surface area (Å²) < 4.78 is 54.2. The number of allylic oxidation sites excluding steroid dienone is 6. The second-order valence-electron chi connectivity index (χ2n) is 7.90. The van der Waals surface area contributed by atoms with E-state index in [1.54, 1.807) is 12.2 Å². The van der Waals surface area contributed by atoms with Gasteiger partial charge in [-0.3, -0.25) is 10.1 Å². The molecule has 2 aromatic heterocycles. The van der Waals surface area contributed by atoms with Crippen LogP contribution in [0.5, 0.6) is 0 Å². The van der Waals surface area contributed by atoms with Gasteiger partial charge in [0.25, 0.3) is 5.91 Å². The number of anilines is 1. The van der Waals surface area contributed by atoms with E-state index >= 15 is 4.39 Å². The molecule has 3 heterocycles. The number of hydrogen-bond donors (Lipinski definition) is 4. The molecule has 0 radical (unpaired) electrons. The van der Waals surface area contributed by atoms with Crippen LogP contribution in [0.1, 0.15) is 42.6 Å². The Bertz CT molecular complexity index is 1370. The molecule has 1 aliphatic rings. The fourth-order valence-corrected chi connectivity index (χ4v) is 3.49. The monoisotopic (exact) mass is 520 g/mol. The van der Waals surface area contributed by atoms with Gasteiger partial charge < -0.3 is 16.4 Å². The van der Waals surface area contributed by atoms with Gasteiger partial charge in [-0.2, -0.15) is 18.3 Å². The van der Waals surface area contributed by atoms with Crippen LogP contribution in [-0.4, -0.2) is 45.1 Å². The predicted molar refractivity (Wildman–Crippen MR) is 130 cm³/mol. The van der Waals surface area contributed by atoms with E-state index in [9.17, 15) is 22.8 Å².